The summed E-state index contributed by atoms with van der Waals surface area (Å²) in [6, 6.07) is 6.75. The first-order chi connectivity index (χ1) is 10.7. The zero-order valence-corrected chi connectivity index (χ0v) is 11.9. The van der Waals surface area contributed by atoms with Gasteiger partial charge in [-0.2, -0.15) is 0 Å². The van der Waals surface area contributed by atoms with Crippen LogP contribution in [0.15, 0.2) is 30.6 Å². The fraction of sp³-hybridized carbons (Fsp3) is 0.357. The third kappa shape index (κ3) is 3.11. The number of aromatic nitrogens is 4. The van der Waals surface area contributed by atoms with Gasteiger partial charge < -0.3 is 0 Å². The van der Waals surface area contributed by atoms with Gasteiger partial charge in [-0.3, -0.25) is 20.4 Å². The van der Waals surface area contributed by atoms with E-state index in [1.54, 1.807) is 24.3 Å². The highest BCUT2D eigenvalue weighted by atomic mass is 16.2. The summed E-state index contributed by atoms with van der Waals surface area (Å²) >= 11 is 0. The van der Waals surface area contributed by atoms with Crippen LogP contribution >= 0.6 is 0 Å². The first-order valence-electron chi connectivity index (χ1n) is 7.17. The predicted octanol–water partition coefficient (Wildman–Crippen LogP) is 0.613. The number of nitrogens with one attached hydrogen (secondary N) is 2. The molecule has 1 saturated carbocycles. The van der Waals surface area contributed by atoms with Crippen molar-refractivity contribution in [1.82, 2.24) is 31.1 Å². The van der Waals surface area contributed by atoms with E-state index in [4.69, 9.17) is 0 Å². The molecule has 1 heterocycles. The second-order valence-electron chi connectivity index (χ2n) is 5.23. The van der Waals surface area contributed by atoms with Crippen molar-refractivity contribution in [2.45, 2.75) is 25.7 Å². The number of carbonyl (C=O) groups is 2. The lowest BCUT2D eigenvalue weighted by atomic mass is 10.1. The lowest BCUT2D eigenvalue weighted by Crippen LogP contribution is -2.44. The van der Waals surface area contributed by atoms with Gasteiger partial charge in [-0.25, -0.2) is 4.68 Å². The number of hydrazine groups is 1. The Morgan fingerprint density at radius 3 is 2.45 bits per heavy atom. The molecule has 22 heavy (non-hydrogen) atoms. The predicted molar refractivity (Wildman–Crippen MR) is 76.7 cm³/mol. The molecule has 1 aliphatic rings. The second-order valence-corrected chi connectivity index (χ2v) is 5.23. The van der Waals surface area contributed by atoms with Crippen LogP contribution in [0.2, 0.25) is 0 Å². The zero-order chi connectivity index (χ0) is 15.4. The number of tetrazole rings is 1. The monoisotopic (exact) mass is 300 g/mol. The Kier molecular flexibility index (Phi) is 4.08. The maximum Gasteiger partial charge on any atom is 0.269 e. The van der Waals surface area contributed by atoms with E-state index in [2.05, 4.69) is 26.4 Å². The highest BCUT2D eigenvalue weighted by molar-refractivity contribution is 5.95. The molecule has 1 fully saturated rings. The largest absolute Gasteiger partial charge is 0.273 e. The van der Waals surface area contributed by atoms with E-state index in [1.807, 2.05) is 0 Å². The third-order valence-corrected chi connectivity index (χ3v) is 3.77. The molecule has 0 unspecified atom stereocenters. The molecule has 1 aliphatic carbocycles. The van der Waals surface area contributed by atoms with E-state index < -0.39 is 0 Å². The summed E-state index contributed by atoms with van der Waals surface area (Å²) in [7, 11) is 0. The van der Waals surface area contributed by atoms with E-state index in [0.717, 1.165) is 31.4 Å². The molecule has 0 bridgehead atoms. The summed E-state index contributed by atoms with van der Waals surface area (Å²) in [6.07, 6.45) is 5.40. The zero-order valence-electron chi connectivity index (χ0n) is 11.9. The molecule has 2 aromatic rings. The molecule has 0 spiro atoms. The molecule has 8 heteroatoms. The van der Waals surface area contributed by atoms with Gasteiger partial charge >= 0.3 is 0 Å². The number of hydrogen-bond acceptors (Lipinski definition) is 5. The van der Waals surface area contributed by atoms with Crippen LogP contribution in [-0.2, 0) is 4.79 Å². The molecule has 0 aliphatic heterocycles. The van der Waals surface area contributed by atoms with Gasteiger partial charge in [0, 0.05) is 11.5 Å². The Morgan fingerprint density at radius 2 is 1.82 bits per heavy atom. The normalized spacial score (nSPS) is 14.7. The van der Waals surface area contributed by atoms with Crippen LogP contribution in [0, 0.1) is 5.92 Å². The Hall–Kier alpha value is -2.77. The number of benzene rings is 1. The molecule has 1 aromatic heterocycles. The molecule has 0 atom stereocenters. The fourth-order valence-corrected chi connectivity index (χ4v) is 2.53. The van der Waals surface area contributed by atoms with Crippen molar-refractivity contribution in [1.29, 1.82) is 0 Å². The first-order valence-corrected chi connectivity index (χ1v) is 7.17. The Bertz CT molecular complexity index is 646. The van der Waals surface area contributed by atoms with Crippen LogP contribution in [-0.4, -0.2) is 32.0 Å². The molecule has 0 saturated heterocycles. The van der Waals surface area contributed by atoms with Crippen molar-refractivity contribution in [2.24, 2.45) is 5.92 Å². The molecule has 0 radical (unpaired) electrons. The molecular weight excluding hydrogens is 284 g/mol. The molecule has 1 aromatic carbocycles. The van der Waals surface area contributed by atoms with Crippen molar-refractivity contribution in [3.05, 3.63) is 36.2 Å². The highest BCUT2D eigenvalue weighted by Gasteiger charge is 2.22. The van der Waals surface area contributed by atoms with Crippen LogP contribution in [0.3, 0.4) is 0 Å². The Labute approximate surface area is 126 Å². The maximum atomic E-state index is 12.0. The topological polar surface area (TPSA) is 102 Å². The molecule has 8 nitrogen and oxygen atoms in total. The van der Waals surface area contributed by atoms with Gasteiger partial charge in [-0.15, -0.1) is 5.10 Å². The SMILES string of the molecule is O=C(NNC(=O)C1CCCC1)c1ccc(-n2cnnn2)cc1. The van der Waals surface area contributed by atoms with Gasteiger partial charge in [0.05, 0.1) is 5.69 Å². The maximum absolute atomic E-state index is 12.0. The molecule has 2 amide bonds. The summed E-state index contributed by atoms with van der Waals surface area (Å²) < 4.78 is 1.49. The number of carbonyl (C=O) groups excluding carboxylic acids is 2. The Balaban J connectivity index is 1.57. The van der Waals surface area contributed by atoms with Gasteiger partial charge in [0.15, 0.2) is 0 Å². The van der Waals surface area contributed by atoms with E-state index in [1.165, 1.54) is 11.0 Å². The molecule has 114 valence electrons. The average Bonchev–Trinajstić information content (AvgIpc) is 3.25. The lowest BCUT2D eigenvalue weighted by molar-refractivity contribution is -0.125. The number of hydrogen-bond donors (Lipinski definition) is 2. The van der Waals surface area contributed by atoms with Crippen molar-refractivity contribution in [3.63, 3.8) is 0 Å². The van der Waals surface area contributed by atoms with Crippen LogP contribution in [0.25, 0.3) is 5.69 Å². The fourth-order valence-electron chi connectivity index (χ4n) is 2.53. The number of amides is 2. The van der Waals surface area contributed by atoms with Crippen LogP contribution < -0.4 is 10.9 Å². The average molecular weight is 300 g/mol. The Morgan fingerprint density at radius 1 is 1.09 bits per heavy atom. The minimum atomic E-state index is -0.352. The number of nitrogens with zero attached hydrogens (tertiary/aromatic N) is 4. The third-order valence-electron chi connectivity index (χ3n) is 3.77. The minimum absolute atomic E-state index is 0.0162. The van der Waals surface area contributed by atoms with Gasteiger partial charge in [-0.05, 0) is 47.5 Å². The van der Waals surface area contributed by atoms with Crippen molar-refractivity contribution < 1.29 is 9.59 Å². The van der Waals surface area contributed by atoms with Crippen molar-refractivity contribution in [3.8, 4) is 5.69 Å². The summed E-state index contributed by atoms with van der Waals surface area (Å²) in [4.78, 5) is 23.8. The van der Waals surface area contributed by atoms with Gasteiger partial charge in [0.1, 0.15) is 6.33 Å². The second kappa shape index (κ2) is 6.33. The highest BCUT2D eigenvalue weighted by Crippen LogP contribution is 2.24. The molecule has 3 rings (SSSR count). The van der Waals surface area contributed by atoms with Crippen molar-refractivity contribution in [2.75, 3.05) is 0 Å². The standard InChI is InChI=1S/C14H16N6O2/c21-13(10-3-1-2-4-10)16-17-14(22)11-5-7-12(8-6-11)20-9-15-18-19-20/h5-10H,1-4H2,(H,16,21)(H,17,22). The molecular formula is C14H16N6O2. The first kappa shape index (κ1) is 14.2. The van der Waals surface area contributed by atoms with E-state index >= 15 is 0 Å². The quantitative estimate of drug-likeness (QED) is 0.809. The van der Waals surface area contributed by atoms with Gasteiger partial charge in [-0.1, -0.05) is 12.8 Å². The summed E-state index contributed by atoms with van der Waals surface area (Å²) in [5.74, 6) is -0.451. The van der Waals surface area contributed by atoms with Crippen LogP contribution in [0.4, 0.5) is 0 Å². The summed E-state index contributed by atoms with van der Waals surface area (Å²) in [6.45, 7) is 0. The smallest absolute Gasteiger partial charge is 0.269 e. The number of rotatable bonds is 3. The summed E-state index contributed by atoms with van der Waals surface area (Å²) in [5.41, 5.74) is 6.13. The van der Waals surface area contributed by atoms with E-state index in [-0.39, 0.29) is 17.7 Å². The van der Waals surface area contributed by atoms with E-state index in [9.17, 15) is 9.59 Å². The summed E-state index contributed by atoms with van der Waals surface area (Å²) in [5, 5.41) is 10.9. The van der Waals surface area contributed by atoms with Crippen LogP contribution in [0.5, 0.6) is 0 Å². The van der Waals surface area contributed by atoms with Gasteiger partial charge in [0.25, 0.3) is 5.91 Å². The van der Waals surface area contributed by atoms with Crippen LogP contribution in [0.1, 0.15) is 36.0 Å². The van der Waals surface area contributed by atoms with Crippen molar-refractivity contribution >= 4 is 11.8 Å². The van der Waals surface area contributed by atoms with Gasteiger partial charge in [0.2, 0.25) is 5.91 Å². The molecule has 2 N–H and O–H groups in total. The van der Waals surface area contributed by atoms with E-state index in [0.29, 0.717) is 5.56 Å². The lowest BCUT2D eigenvalue weighted by Gasteiger charge is -2.11. The minimum Gasteiger partial charge on any atom is -0.273 e.